The predicted octanol–water partition coefficient (Wildman–Crippen LogP) is 5.98. The summed E-state index contributed by atoms with van der Waals surface area (Å²) in [6, 6.07) is 18.6. The Balaban J connectivity index is 2.07. The molecule has 3 aromatic rings. The number of hydrogen-bond acceptors (Lipinski definition) is 3. The van der Waals surface area contributed by atoms with Crippen LogP contribution in [-0.2, 0) is 10.3 Å². The van der Waals surface area contributed by atoms with Crippen molar-refractivity contribution < 1.29 is 27.5 Å². The number of anilines is 1. The fourth-order valence-corrected chi connectivity index (χ4v) is 4.66. The van der Waals surface area contributed by atoms with E-state index in [-0.39, 0.29) is 16.3 Å². The number of urea groups is 1. The standard InChI is InChI=1S/C25H20ClF3N2O3/c1-34-19-10-7-17(8-11-19)22(16-5-3-2-4-6-16)24(15-32)20-13-18(26)9-12-21(20)30-23(33)31(24)14-25(27,28)29/h2-13,15,22H,14H2,1H3,(H,30,33). The molecule has 0 aliphatic carbocycles. The average molecular weight is 489 g/mol. The average Bonchev–Trinajstić information content (AvgIpc) is 2.82. The van der Waals surface area contributed by atoms with Crippen molar-refractivity contribution in [2.45, 2.75) is 17.6 Å². The smallest absolute Gasteiger partial charge is 0.406 e. The number of carbonyl (C=O) groups is 2. The van der Waals surface area contributed by atoms with Gasteiger partial charge in [0.05, 0.1) is 7.11 Å². The molecule has 9 heteroatoms. The molecule has 176 valence electrons. The molecule has 0 fully saturated rings. The number of halogens is 4. The molecule has 2 amide bonds. The summed E-state index contributed by atoms with van der Waals surface area (Å²) in [5, 5.41) is 2.69. The Morgan fingerprint density at radius 3 is 2.29 bits per heavy atom. The molecule has 34 heavy (non-hydrogen) atoms. The molecular weight excluding hydrogens is 469 g/mol. The predicted molar refractivity (Wildman–Crippen MR) is 122 cm³/mol. The maximum atomic E-state index is 13.7. The van der Waals surface area contributed by atoms with Crippen molar-refractivity contribution in [1.29, 1.82) is 0 Å². The number of nitrogens with one attached hydrogen (secondary N) is 1. The van der Waals surface area contributed by atoms with Crippen molar-refractivity contribution in [3.8, 4) is 5.75 Å². The highest BCUT2D eigenvalue weighted by molar-refractivity contribution is 6.30. The Morgan fingerprint density at radius 2 is 1.71 bits per heavy atom. The van der Waals surface area contributed by atoms with Crippen LogP contribution in [0.3, 0.4) is 0 Å². The molecule has 2 unspecified atom stereocenters. The normalized spacial score (nSPS) is 18.6. The Bertz CT molecular complexity index is 1200. The SMILES string of the molecule is COc1ccc(C(c2ccccc2)C2(C=O)c3cc(Cl)ccc3NC(=O)N2CC(F)(F)F)cc1. The van der Waals surface area contributed by atoms with Gasteiger partial charge in [-0.2, -0.15) is 13.2 Å². The van der Waals surface area contributed by atoms with E-state index in [2.05, 4.69) is 5.32 Å². The Kier molecular flexibility index (Phi) is 6.27. The molecule has 0 aromatic heterocycles. The van der Waals surface area contributed by atoms with Crippen LogP contribution < -0.4 is 10.1 Å². The molecule has 3 aromatic carbocycles. The summed E-state index contributed by atoms with van der Waals surface area (Å²) in [6.07, 6.45) is -4.35. The number of amides is 2. The zero-order chi connectivity index (χ0) is 24.5. The summed E-state index contributed by atoms with van der Waals surface area (Å²) in [6.45, 7) is -1.64. The second kappa shape index (κ2) is 9.02. The van der Waals surface area contributed by atoms with Crippen molar-refractivity contribution in [2.24, 2.45) is 0 Å². The van der Waals surface area contributed by atoms with Crippen LogP contribution in [0.1, 0.15) is 22.6 Å². The van der Waals surface area contributed by atoms with Gasteiger partial charge in [0.15, 0.2) is 6.29 Å². The molecule has 1 aliphatic rings. The van der Waals surface area contributed by atoms with Gasteiger partial charge in [0.2, 0.25) is 0 Å². The Morgan fingerprint density at radius 1 is 1.06 bits per heavy atom. The molecule has 0 spiro atoms. The second-order valence-electron chi connectivity index (χ2n) is 7.88. The van der Waals surface area contributed by atoms with Gasteiger partial charge in [0.1, 0.15) is 17.8 Å². The summed E-state index contributed by atoms with van der Waals surface area (Å²) in [5.74, 6) is -0.449. The molecular formula is C25H20ClF3N2O3. The van der Waals surface area contributed by atoms with E-state index in [0.717, 1.165) is 0 Å². The number of benzene rings is 3. The molecule has 0 bridgehead atoms. The number of fused-ring (bicyclic) bond motifs is 1. The van der Waals surface area contributed by atoms with Crippen LogP contribution >= 0.6 is 11.6 Å². The molecule has 0 radical (unpaired) electrons. The lowest BCUT2D eigenvalue weighted by atomic mass is 9.69. The summed E-state index contributed by atoms with van der Waals surface area (Å²) in [7, 11) is 1.49. The summed E-state index contributed by atoms with van der Waals surface area (Å²) >= 11 is 6.23. The lowest BCUT2D eigenvalue weighted by Crippen LogP contribution is -2.61. The minimum absolute atomic E-state index is 0.170. The van der Waals surface area contributed by atoms with E-state index < -0.39 is 30.2 Å². The van der Waals surface area contributed by atoms with Crippen LogP contribution in [-0.4, -0.2) is 37.0 Å². The van der Waals surface area contributed by atoms with Crippen molar-refractivity contribution >= 4 is 29.6 Å². The number of hydrogen-bond donors (Lipinski definition) is 1. The minimum Gasteiger partial charge on any atom is -0.497 e. The summed E-state index contributed by atoms with van der Waals surface area (Å²) in [5.41, 5.74) is -0.592. The first-order chi connectivity index (χ1) is 16.2. The number of methoxy groups -OCH3 is 1. The van der Waals surface area contributed by atoms with Gasteiger partial charge < -0.3 is 14.8 Å². The summed E-state index contributed by atoms with van der Waals surface area (Å²) < 4.78 is 46.4. The molecule has 0 saturated carbocycles. The molecule has 0 saturated heterocycles. The third-order valence-electron chi connectivity index (χ3n) is 5.89. The van der Waals surface area contributed by atoms with E-state index in [1.54, 1.807) is 54.6 Å². The quantitative estimate of drug-likeness (QED) is 0.434. The van der Waals surface area contributed by atoms with E-state index in [1.807, 2.05) is 0 Å². The van der Waals surface area contributed by atoms with Crippen LogP contribution in [0, 0.1) is 0 Å². The van der Waals surface area contributed by atoms with E-state index in [4.69, 9.17) is 16.3 Å². The van der Waals surface area contributed by atoms with Gasteiger partial charge in [0, 0.05) is 22.2 Å². The first kappa shape index (κ1) is 23.6. The van der Waals surface area contributed by atoms with Crippen LogP contribution in [0.4, 0.5) is 23.7 Å². The molecule has 1 aliphatic heterocycles. The van der Waals surface area contributed by atoms with Crippen LogP contribution in [0.2, 0.25) is 5.02 Å². The van der Waals surface area contributed by atoms with E-state index in [0.29, 0.717) is 28.1 Å². The first-order valence-electron chi connectivity index (χ1n) is 10.3. The molecule has 2 atom stereocenters. The van der Waals surface area contributed by atoms with Gasteiger partial charge in [-0.3, -0.25) is 4.90 Å². The maximum Gasteiger partial charge on any atom is 0.406 e. The van der Waals surface area contributed by atoms with Gasteiger partial charge in [0.25, 0.3) is 0 Å². The number of ether oxygens (including phenoxy) is 1. The number of aldehydes is 1. The Hall–Kier alpha value is -3.52. The zero-order valence-electron chi connectivity index (χ0n) is 18.0. The molecule has 4 rings (SSSR count). The van der Waals surface area contributed by atoms with Crippen molar-refractivity contribution in [1.82, 2.24) is 4.90 Å². The van der Waals surface area contributed by atoms with Gasteiger partial charge in [-0.25, -0.2) is 4.79 Å². The number of nitrogens with zero attached hydrogens (tertiary/aromatic N) is 1. The number of rotatable bonds is 6. The lowest BCUT2D eigenvalue weighted by molar-refractivity contribution is -0.154. The minimum atomic E-state index is -4.76. The highest BCUT2D eigenvalue weighted by Crippen LogP contribution is 2.50. The molecule has 5 nitrogen and oxygen atoms in total. The zero-order valence-corrected chi connectivity index (χ0v) is 18.7. The largest absolute Gasteiger partial charge is 0.497 e. The van der Waals surface area contributed by atoms with Gasteiger partial charge in [-0.1, -0.05) is 54.1 Å². The molecule has 1 heterocycles. The first-order valence-corrected chi connectivity index (χ1v) is 10.7. The monoisotopic (exact) mass is 488 g/mol. The number of alkyl halides is 3. The number of carbonyl (C=O) groups excluding carboxylic acids is 2. The van der Waals surface area contributed by atoms with Crippen LogP contribution in [0.15, 0.2) is 72.8 Å². The van der Waals surface area contributed by atoms with Gasteiger partial charge >= 0.3 is 12.2 Å². The van der Waals surface area contributed by atoms with Crippen LogP contribution in [0.25, 0.3) is 0 Å². The van der Waals surface area contributed by atoms with E-state index >= 15 is 0 Å². The fourth-order valence-electron chi connectivity index (χ4n) is 4.48. The van der Waals surface area contributed by atoms with Gasteiger partial charge in [-0.15, -0.1) is 0 Å². The van der Waals surface area contributed by atoms with Gasteiger partial charge in [-0.05, 0) is 41.5 Å². The third kappa shape index (κ3) is 4.21. The van der Waals surface area contributed by atoms with Crippen LogP contribution in [0.5, 0.6) is 5.75 Å². The van der Waals surface area contributed by atoms with E-state index in [1.165, 1.54) is 25.3 Å². The van der Waals surface area contributed by atoms with Crippen molar-refractivity contribution in [3.05, 3.63) is 94.5 Å². The highest BCUT2D eigenvalue weighted by Gasteiger charge is 2.55. The fraction of sp³-hybridized carbons (Fsp3) is 0.200. The lowest BCUT2D eigenvalue weighted by Gasteiger charge is -2.49. The second-order valence-corrected chi connectivity index (χ2v) is 8.32. The third-order valence-corrected chi connectivity index (χ3v) is 6.12. The van der Waals surface area contributed by atoms with Crippen molar-refractivity contribution in [3.63, 3.8) is 0 Å². The summed E-state index contributed by atoms with van der Waals surface area (Å²) in [4.78, 5) is 26.7. The Labute approximate surface area is 199 Å². The maximum absolute atomic E-state index is 13.7. The molecule has 1 N–H and O–H groups in total. The van der Waals surface area contributed by atoms with Crippen molar-refractivity contribution in [2.75, 3.05) is 19.0 Å². The van der Waals surface area contributed by atoms with E-state index in [9.17, 15) is 22.8 Å². The highest BCUT2D eigenvalue weighted by atomic mass is 35.5. The topological polar surface area (TPSA) is 58.6 Å².